The average molecular weight is 399 g/mol. The lowest BCUT2D eigenvalue weighted by molar-refractivity contribution is -0.135. The second kappa shape index (κ2) is 9.57. The molecule has 7 heteroatoms. The zero-order valence-corrected chi connectivity index (χ0v) is 16.1. The van der Waals surface area contributed by atoms with Gasteiger partial charge in [-0.2, -0.15) is 0 Å². The lowest BCUT2D eigenvalue weighted by Gasteiger charge is -2.20. The summed E-state index contributed by atoms with van der Waals surface area (Å²) in [7, 11) is 0. The van der Waals surface area contributed by atoms with Crippen molar-refractivity contribution in [3.05, 3.63) is 75.6 Å². The van der Waals surface area contributed by atoms with E-state index >= 15 is 0 Å². The summed E-state index contributed by atoms with van der Waals surface area (Å²) in [5, 5.41) is 18.1. The molecule has 2 aliphatic rings. The number of carbonyl (C=O) groups is 2. The Morgan fingerprint density at radius 2 is 1.93 bits per heavy atom. The second-order valence-electron chi connectivity index (χ2n) is 6.17. The van der Waals surface area contributed by atoms with Crippen LogP contribution in [-0.2, 0) is 15.3 Å². The zero-order chi connectivity index (χ0) is 19.9. The summed E-state index contributed by atoms with van der Waals surface area (Å²) in [6.07, 6.45) is 5.11. The molecule has 6 nitrogen and oxygen atoms in total. The standard InChI is InChI=1S/C21H21NO5S/c23-9-7-22(8-10-24)20(25)13-27-17-5-6-18-12-16(11-17)21(26)19-4-2-1-3-15(19)14-28-18/h1-6,11,23-24H,7-10,13-14H2. The van der Waals surface area contributed by atoms with Gasteiger partial charge < -0.3 is 19.8 Å². The smallest absolute Gasteiger partial charge is 0.260 e. The van der Waals surface area contributed by atoms with Gasteiger partial charge in [-0.25, -0.2) is 0 Å². The molecule has 2 bridgehead atoms. The minimum Gasteiger partial charge on any atom is -0.484 e. The first-order valence-electron chi connectivity index (χ1n) is 8.90. The molecule has 0 unspecified atom stereocenters. The maximum atomic E-state index is 12.9. The molecule has 1 amide bonds. The Labute approximate surface area is 167 Å². The Morgan fingerprint density at radius 3 is 2.68 bits per heavy atom. The van der Waals surface area contributed by atoms with Gasteiger partial charge in [-0.05, 0) is 23.8 Å². The van der Waals surface area contributed by atoms with Crippen LogP contribution in [0.1, 0.15) is 15.9 Å². The summed E-state index contributed by atoms with van der Waals surface area (Å²) >= 11 is 1.58. The van der Waals surface area contributed by atoms with Crippen molar-refractivity contribution in [2.24, 2.45) is 0 Å². The number of nitrogens with zero attached hydrogens (tertiary/aromatic N) is 1. The van der Waals surface area contributed by atoms with Crippen molar-refractivity contribution in [1.29, 1.82) is 0 Å². The van der Waals surface area contributed by atoms with E-state index < -0.39 is 0 Å². The molecule has 0 saturated heterocycles. The van der Waals surface area contributed by atoms with Crippen LogP contribution in [0.25, 0.3) is 0 Å². The number of aliphatic hydroxyl groups excluding tert-OH is 2. The van der Waals surface area contributed by atoms with Crippen molar-refractivity contribution in [2.45, 2.75) is 5.75 Å². The van der Waals surface area contributed by atoms with Crippen molar-refractivity contribution in [1.82, 2.24) is 4.90 Å². The van der Waals surface area contributed by atoms with Crippen molar-refractivity contribution in [3.63, 3.8) is 0 Å². The highest BCUT2D eigenvalue weighted by molar-refractivity contribution is 8.02. The van der Waals surface area contributed by atoms with E-state index in [2.05, 4.69) is 5.73 Å². The van der Waals surface area contributed by atoms with Gasteiger partial charge in [0, 0.05) is 24.4 Å². The number of carbonyl (C=O) groups excluding carboxylic acids is 2. The molecule has 2 N–H and O–H groups in total. The summed E-state index contributed by atoms with van der Waals surface area (Å²) in [4.78, 5) is 27.3. The molecule has 0 saturated carbocycles. The predicted molar refractivity (Wildman–Crippen MR) is 107 cm³/mol. The maximum absolute atomic E-state index is 12.9. The normalized spacial score (nSPS) is 15.4. The average Bonchev–Trinajstić information content (AvgIpc) is 2.92. The summed E-state index contributed by atoms with van der Waals surface area (Å²) in [5.41, 5.74) is 5.12. The molecule has 0 fully saturated rings. The molecular weight excluding hydrogens is 378 g/mol. The first-order chi connectivity index (χ1) is 13.6. The van der Waals surface area contributed by atoms with Crippen molar-refractivity contribution in [2.75, 3.05) is 32.9 Å². The van der Waals surface area contributed by atoms with Gasteiger partial charge in [0.1, 0.15) is 5.76 Å². The molecule has 28 heavy (non-hydrogen) atoms. The molecule has 0 spiro atoms. The zero-order valence-electron chi connectivity index (χ0n) is 15.3. The Hall–Kier alpha value is -2.57. The van der Waals surface area contributed by atoms with E-state index in [-0.39, 0.29) is 44.6 Å². The Bertz CT molecular complexity index is 890. The van der Waals surface area contributed by atoms with Crippen molar-refractivity contribution >= 4 is 23.5 Å². The lowest BCUT2D eigenvalue weighted by atomic mass is 9.99. The highest BCUT2D eigenvalue weighted by Crippen LogP contribution is 2.30. The molecule has 0 radical (unpaired) electrons. The molecule has 1 aliphatic heterocycles. The van der Waals surface area contributed by atoms with E-state index in [0.717, 1.165) is 10.5 Å². The summed E-state index contributed by atoms with van der Waals surface area (Å²) in [6, 6.07) is 7.49. The van der Waals surface area contributed by atoms with Crippen LogP contribution in [0.4, 0.5) is 0 Å². The molecule has 1 aromatic carbocycles. The first kappa shape index (κ1) is 20.2. The monoisotopic (exact) mass is 399 g/mol. The number of amides is 1. The van der Waals surface area contributed by atoms with Crippen LogP contribution >= 0.6 is 11.8 Å². The molecule has 146 valence electrons. The van der Waals surface area contributed by atoms with Gasteiger partial charge >= 0.3 is 0 Å². The number of Topliss-reactive ketones (excluding diaryl/α,β-unsaturated/α-hetero) is 1. The number of benzene rings is 1. The van der Waals surface area contributed by atoms with Crippen LogP contribution in [0, 0.1) is 0 Å². The van der Waals surface area contributed by atoms with Gasteiger partial charge in [-0.1, -0.05) is 30.0 Å². The van der Waals surface area contributed by atoms with Crippen LogP contribution in [0.2, 0.25) is 0 Å². The number of thioether (sulfide) groups is 1. The van der Waals surface area contributed by atoms with Gasteiger partial charge in [-0.3, -0.25) is 9.59 Å². The number of ketones is 1. The van der Waals surface area contributed by atoms with Crippen LogP contribution in [-0.4, -0.2) is 59.7 Å². The third-order valence-corrected chi connectivity index (χ3v) is 5.29. The van der Waals surface area contributed by atoms with Crippen LogP contribution < -0.4 is 0 Å². The minimum atomic E-state index is -0.351. The molecular formula is C21H21NO5S. The van der Waals surface area contributed by atoms with Crippen LogP contribution in [0.3, 0.4) is 0 Å². The summed E-state index contributed by atoms with van der Waals surface area (Å²) < 4.78 is 5.61. The highest BCUT2D eigenvalue weighted by atomic mass is 32.2. The van der Waals surface area contributed by atoms with Gasteiger partial charge in [0.25, 0.3) is 5.91 Å². The fraction of sp³-hybridized carbons (Fsp3) is 0.286. The van der Waals surface area contributed by atoms with Gasteiger partial charge in [0.15, 0.2) is 6.61 Å². The summed E-state index contributed by atoms with van der Waals surface area (Å²) in [6.45, 7) is -0.392. The van der Waals surface area contributed by atoms with Gasteiger partial charge in [-0.15, -0.1) is 11.8 Å². The Morgan fingerprint density at radius 1 is 1.18 bits per heavy atom. The fourth-order valence-electron chi connectivity index (χ4n) is 2.86. The molecule has 1 heterocycles. The van der Waals surface area contributed by atoms with Crippen molar-refractivity contribution < 1.29 is 24.5 Å². The number of hydrogen-bond acceptors (Lipinski definition) is 6. The molecule has 0 aromatic heterocycles. The number of rotatable bonds is 7. The van der Waals surface area contributed by atoms with Gasteiger partial charge in [0.2, 0.25) is 5.78 Å². The second-order valence-corrected chi connectivity index (χ2v) is 7.19. The SMILES string of the molecule is O=C1C2=C=C(C=CC(OCC(=O)N(CCO)CCO)=C2)SCc2ccccc21. The molecule has 1 aromatic rings. The van der Waals surface area contributed by atoms with E-state index in [9.17, 15) is 9.59 Å². The minimum absolute atomic E-state index is 0.125. The van der Waals surface area contributed by atoms with Crippen LogP contribution in [0.5, 0.6) is 0 Å². The third kappa shape index (κ3) is 4.82. The third-order valence-electron chi connectivity index (χ3n) is 4.29. The van der Waals surface area contributed by atoms with E-state index in [4.69, 9.17) is 14.9 Å². The van der Waals surface area contributed by atoms with Crippen molar-refractivity contribution in [3.8, 4) is 0 Å². The van der Waals surface area contributed by atoms with E-state index in [1.165, 1.54) is 4.90 Å². The number of hydrogen-bond donors (Lipinski definition) is 2. The Balaban J connectivity index is 1.77. The van der Waals surface area contributed by atoms with Crippen LogP contribution in [0.15, 0.2) is 64.5 Å². The fourth-order valence-corrected chi connectivity index (χ4v) is 3.77. The van der Waals surface area contributed by atoms with E-state index in [0.29, 0.717) is 22.6 Å². The molecule has 3 rings (SSSR count). The predicted octanol–water partition coefficient (Wildman–Crippen LogP) is 1.81. The number of ether oxygens (including phenoxy) is 1. The van der Waals surface area contributed by atoms with E-state index in [1.807, 2.05) is 24.3 Å². The quantitative estimate of drug-likeness (QED) is 0.680. The first-order valence-corrected chi connectivity index (χ1v) is 9.89. The number of aliphatic hydroxyl groups is 2. The lowest BCUT2D eigenvalue weighted by Crippen LogP contribution is -2.38. The maximum Gasteiger partial charge on any atom is 0.260 e. The van der Waals surface area contributed by atoms with Gasteiger partial charge in [0.05, 0.1) is 23.7 Å². The highest BCUT2D eigenvalue weighted by Gasteiger charge is 2.20. The molecule has 1 aliphatic carbocycles. The topological polar surface area (TPSA) is 87.1 Å². The summed E-state index contributed by atoms with van der Waals surface area (Å²) in [5.74, 6) is 0.572. The number of allylic oxidation sites excluding steroid dienone is 3. The van der Waals surface area contributed by atoms with E-state index in [1.54, 1.807) is 30.0 Å². The Kier molecular flexibility index (Phi) is 6.90. The largest absolute Gasteiger partial charge is 0.484 e. The number of fused-ring (bicyclic) bond motifs is 1. The molecule has 0 atom stereocenters.